The summed E-state index contributed by atoms with van der Waals surface area (Å²) in [6, 6.07) is 0.755. The van der Waals surface area contributed by atoms with Gasteiger partial charge >= 0.3 is 0 Å². The quantitative estimate of drug-likeness (QED) is 0.391. The van der Waals surface area contributed by atoms with E-state index in [1.807, 2.05) is 7.05 Å². The fourth-order valence-corrected chi connectivity index (χ4v) is 5.11. The molecule has 2 heterocycles. The lowest BCUT2D eigenvalue weighted by Gasteiger charge is -2.37. The van der Waals surface area contributed by atoms with Crippen LogP contribution in [0.1, 0.15) is 52.4 Å². The minimum atomic E-state index is 0.299. The first-order chi connectivity index (χ1) is 12.2. The SMILES string of the molecule is CCSC1(CNC(=NC)NCCCN2CCCCC2C)CCOCC1. The Labute approximate surface area is 158 Å². The van der Waals surface area contributed by atoms with Gasteiger partial charge in [0.2, 0.25) is 0 Å². The molecule has 0 aromatic carbocycles. The van der Waals surface area contributed by atoms with Crippen molar-refractivity contribution in [3.63, 3.8) is 0 Å². The monoisotopic (exact) mass is 370 g/mol. The Balaban J connectivity index is 1.67. The van der Waals surface area contributed by atoms with Crippen molar-refractivity contribution in [2.24, 2.45) is 4.99 Å². The van der Waals surface area contributed by atoms with Gasteiger partial charge in [0.1, 0.15) is 0 Å². The van der Waals surface area contributed by atoms with Gasteiger partial charge in [-0.15, -0.1) is 0 Å². The smallest absolute Gasteiger partial charge is 0.191 e. The van der Waals surface area contributed by atoms with Gasteiger partial charge in [-0.2, -0.15) is 11.8 Å². The summed E-state index contributed by atoms with van der Waals surface area (Å²) in [6.45, 7) is 10.8. The molecule has 25 heavy (non-hydrogen) atoms. The van der Waals surface area contributed by atoms with E-state index < -0.39 is 0 Å². The molecule has 146 valence electrons. The second-order valence-electron chi connectivity index (χ2n) is 7.32. The van der Waals surface area contributed by atoms with Crippen LogP contribution in [-0.4, -0.2) is 73.8 Å². The fraction of sp³-hybridized carbons (Fsp3) is 0.947. The predicted octanol–water partition coefficient (Wildman–Crippen LogP) is 2.72. The number of rotatable bonds is 8. The van der Waals surface area contributed by atoms with E-state index in [9.17, 15) is 0 Å². The first-order valence-corrected chi connectivity index (χ1v) is 11.1. The van der Waals surface area contributed by atoms with Crippen LogP contribution in [0.25, 0.3) is 0 Å². The van der Waals surface area contributed by atoms with Crippen LogP contribution in [0.2, 0.25) is 0 Å². The standard InChI is InChI=1S/C19H38N4OS/c1-4-25-19(9-14-24-15-10-19)16-22-18(20-3)21-11-7-13-23-12-6-5-8-17(23)2/h17H,4-16H2,1-3H3,(H2,20,21,22). The van der Waals surface area contributed by atoms with E-state index in [0.717, 1.165) is 56.9 Å². The predicted molar refractivity (Wildman–Crippen MR) is 110 cm³/mol. The molecule has 2 fully saturated rings. The number of ether oxygens (including phenoxy) is 1. The Bertz CT molecular complexity index is 393. The van der Waals surface area contributed by atoms with E-state index in [4.69, 9.17) is 4.74 Å². The normalized spacial score (nSPS) is 24.9. The topological polar surface area (TPSA) is 48.9 Å². The Morgan fingerprint density at radius 1 is 1.28 bits per heavy atom. The Kier molecular flexibility index (Phi) is 9.42. The number of nitrogens with one attached hydrogen (secondary N) is 2. The van der Waals surface area contributed by atoms with Gasteiger partial charge in [0.05, 0.1) is 0 Å². The highest BCUT2D eigenvalue weighted by Gasteiger charge is 2.32. The molecule has 0 aromatic rings. The maximum Gasteiger partial charge on any atom is 0.191 e. The molecule has 5 nitrogen and oxygen atoms in total. The first kappa shape index (κ1) is 20.8. The van der Waals surface area contributed by atoms with E-state index in [2.05, 4.69) is 46.1 Å². The molecule has 2 saturated heterocycles. The van der Waals surface area contributed by atoms with Crippen molar-refractivity contribution in [2.75, 3.05) is 52.2 Å². The largest absolute Gasteiger partial charge is 0.381 e. The van der Waals surface area contributed by atoms with E-state index in [1.165, 1.54) is 38.8 Å². The van der Waals surface area contributed by atoms with Gasteiger partial charge in [-0.3, -0.25) is 4.99 Å². The van der Waals surface area contributed by atoms with Crippen molar-refractivity contribution in [3.8, 4) is 0 Å². The van der Waals surface area contributed by atoms with Crippen LogP contribution in [0.4, 0.5) is 0 Å². The molecule has 6 heteroatoms. The summed E-state index contributed by atoms with van der Waals surface area (Å²) < 4.78 is 5.86. The fourth-order valence-electron chi connectivity index (χ4n) is 3.87. The van der Waals surface area contributed by atoms with E-state index in [-0.39, 0.29) is 0 Å². The molecule has 0 bridgehead atoms. The third-order valence-corrected chi connectivity index (χ3v) is 6.96. The van der Waals surface area contributed by atoms with E-state index >= 15 is 0 Å². The summed E-state index contributed by atoms with van der Waals surface area (Å²) in [5, 5.41) is 7.06. The number of nitrogens with zero attached hydrogens (tertiary/aromatic N) is 2. The van der Waals surface area contributed by atoms with Crippen molar-refractivity contribution < 1.29 is 4.74 Å². The molecule has 2 rings (SSSR count). The number of piperidine rings is 1. The lowest BCUT2D eigenvalue weighted by molar-refractivity contribution is 0.0782. The second-order valence-corrected chi connectivity index (χ2v) is 9.05. The van der Waals surface area contributed by atoms with Gasteiger partial charge < -0.3 is 20.3 Å². The molecule has 2 aliphatic heterocycles. The lowest BCUT2D eigenvalue weighted by atomic mass is 9.99. The number of hydrogen-bond acceptors (Lipinski definition) is 4. The summed E-state index contributed by atoms with van der Waals surface area (Å²) in [7, 11) is 1.87. The maximum atomic E-state index is 5.56. The van der Waals surface area contributed by atoms with Crippen LogP contribution in [0.5, 0.6) is 0 Å². The van der Waals surface area contributed by atoms with Crippen molar-refractivity contribution in [3.05, 3.63) is 0 Å². The van der Waals surface area contributed by atoms with Crippen molar-refractivity contribution >= 4 is 17.7 Å². The average Bonchev–Trinajstić information content (AvgIpc) is 2.63. The highest BCUT2D eigenvalue weighted by atomic mass is 32.2. The minimum absolute atomic E-state index is 0.299. The number of guanidine groups is 1. The van der Waals surface area contributed by atoms with Crippen LogP contribution in [0, 0.1) is 0 Å². The number of thioether (sulfide) groups is 1. The van der Waals surface area contributed by atoms with Gasteiger partial charge in [-0.25, -0.2) is 0 Å². The van der Waals surface area contributed by atoms with E-state index in [1.54, 1.807) is 0 Å². The van der Waals surface area contributed by atoms with Crippen LogP contribution in [-0.2, 0) is 4.74 Å². The molecule has 0 aromatic heterocycles. The molecule has 0 spiro atoms. The van der Waals surface area contributed by atoms with Crippen LogP contribution in [0.15, 0.2) is 4.99 Å². The zero-order valence-electron chi connectivity index (χ0n) is 16.5. The van der Waals surface area contributed by atoms with Gasteiger partial charge in [-0.05, 0) is 51.3 Å². The Hall–Kier alpha value is -0.460. The first-order valence-electron chi connectivity index (χ1n) is 10.1. The molecule has 0 aliphatic carbocycles. The van der Waals surface area contributed by atoms with Crippen LogP contribution < -0.4 is 10.6 Å². The van der Waals surface area contributed by atoms with Crippen molar-refractivity contribution in [2.45, 2.75) is 63.2 Å². The highest BCUT2D eigenvalue weighted by Crippen LogP contribution is 2.34. The zero-order chi connectivity index (χ0) is 18.0. The van der Waals surface area contributed by atoms with Gasteiger partial charge in [0, 0.05) is 50.7 Å². The van der Waals surface area contributed by atoms with Crippen molar-refractivity contribution in [1.82, 2.24) is 15.5 Å². The van der Waals surface area contributed by atoms with Gasteiger partial charge in [0.15, 0.2) is 5.96 Å². The summed E-state index contributed by atoms with van der Waals surface area (Å²) in [5.74, 6) is 2.09. The molecule has 0 radical (unpaired) electrons. The minimum Gasteiger partial charge on any atom is -0.381 e. The molecule has 1 unspecified atom stereocenters. The molecule has 0 saturated carbocycles. The maximum absolute atomic E-state index is 5.56. The highest BCUT2D eigenvalue weighted by molar-refractivity contribution is 8.00. The van der Waals surface area contributed by atoms with Gasteiger partial charge in [-0.1, -0.05) is 13.3 Å². The number of hydrogen-bond donors (Lipinski definition) is 2. The molecule has 2 aliphatic rings. The van der Waals surface area contributed by atoms with Gasteiger partial charge in [0.25, 0.3) is 0 Å². The Morgan fingerprint density at radius 3 is 2.76 bits per heavy atom. The van der Waals surface area contributed by atoms with Crippen LogP contribution in [0.3, 0.4) is 0 Å². The Morgan fingerprint density at radius 2 is 2.08 bits per heavy atom. The summed E-state index contributed by atoms with van der Waals surface area (Å²) >= 11 is 2.07. The number of likely N-dealkylation sites (tertiary alicyclic amines) is 1. The lowest BCUT2D eigenvalue weighted by Crippen LogP contribution is -2.48. The summed E-state index contributed by atoms with van der Waals surface area (Å²) in [6.07, 6.45) is 7.55. The van der Waals surface area contributed by atoms with Crippen molar-refractivity contribution in [1.29, 1.82) is 0 Å². The molecular weight excluding hydrogens is 332 g/mol. The third kappa shape index (κ3) is 6.99. The number of aliphatic imine (C=N–C) groups is 1. The summed E-state index contributed by atoms with van der Waals surface area (Å²) in [4.78, 5) is 7.04. The molecule has 1 atom stereocenters. The summed E-state index contributed by atoms with van der Waals surface area (Å²) in [5.41, 5.74) is 0. The molecule has 2 N–H and O–H groups in total. The third-order valence-electron chi connectivity index (χ3n) is 5.51. The van der Waals surface area contributed by atoms with Crippen LogP contribution >= 0.6 is 11.8 Å². The average molecular weight is 371 g/mol. The zero-order valence-corrected chi connectivity index (χ0v) is 17.3. The molecule has 0 amide bonds. The molecular formula is C19H38N4OS. The van der Waals surface area contributed by atoms with E-state index in [0.29, 0.717) is 4.75 Å². The second kappa shape index (κ2) is 11.3.